The van der Waals surface area contributed by atoms with Gasteiger partial charge in [-0.2, -0.15) is 13.2 Å². The van der Waals surface area contributed by atoms with Crippen LogP contribution >= 0.6 is 0 Å². The van der Waals surface area contributed by atoms with E-state index in [9.17, 15) is 13.2 Å². The van der Waals surface area contributed by atoms with Gasteiger partial charge in [0.05, 0.1) is 32.3 Å². The van der Waals surface area contributed by atoms with Crippen LogP contribution in [0.5, 0.6) is 0 Å². The predicted molar refractivity (Wildman–Crippen MR) is 92.6 cm³/mol. The van der Waals surface area contributed by atoms with E-state index in [1.54, 1.807) is 6.26 Å². The lowest BCUT2D eigenvalue weighted by Crippen LogP contribution is -2.36. The number of aliphatic carboxylic acids is 1. The number of rotatable bonds is 6. The van der Waals surface area contributed by atoms with Gasteiger partial charge in [0.25, 0.3) is 0 Å². The molecule has 2 saturated heterocycles. The van der Waals surface area contributed by atoms with Crippen molar-refractivity contribution in [3.8, 4) is 0 Å². The topological polar surface area (TPSA) is 72.1 Å². The number of likely N-dealkylation sites (tertiary alicyclic amines) is 1. The number of furan rings is 1. The smallest absolute Gasteiger partial charge is 0.475 e. The number of nitrogens with zero attached hydrogens (tertiary/aromatic N) is 1. The fraction of sp³-hybridized carbons (Fsp3) is 0.737. The summed E-state index contributed by atoms with van der Waals surface area (Å²) in [5.74, 6) is -1.30. The molecule has 1 saturated carbocycles. The maximum atomic E-state index is 10.6. The first-order chi connectivity index (χ1) is 13.3. The Bertz CT molecular complexity index is 632. The number of hydrogen-bond acceptors (Lipinski definition) is 5. The van der Waals surface area contributed by atoms with E-state index >= 15 is 0 Å². The minimum Gasteiger partial charge on any atom is -0.475 e. The molecule has 3 aliphatic rings. The molecule has 3 heterocycles. The normalized spacial score (nSPS) is 27.8. The third-order valence-corrected chi connectivity index (χ3v) is 5.79. The maximum absolute atomic E-state index is 10.6. The Kier molecular flexibility index (Phi) is 6.67. The minimum atomic E-state index is -5.08. The van der Waals surface area contributed by atoms with Gasteiger partial charge in [0.15, 0.2) is 0 Å². The molecular weight excluding hydrogens is 379 g/mol. The largest absolute Gasteiger partial charge is 0.490 e. The van der Waals surface area contributed by atoms with Crippen LogP contribution in [0.2, 0.25) is 0 Å². The number of fused-ring (bicyclic) bond motifs is 1. The Morgan fingerprint density at radius 2 is 2.14 bits per heavy atom. The zero-order valence-corrected chi connectivity index (χ0v) is 15.6. The molecule has 28 heavy (non-hydrogen) atoms. The third-order valence-electron chi connectivity index (χ3n) is 5.79. The van der Waals surface area contributed by atoms with E-state index in [-0.39, 0.29) is 5.41 Å². The Morgan fingerprint density at radius 1 is 1.39 bits per heavy atom. The van der Waals surface area contributed by atoms with Crippen LogP contribution in [0.25, 0.3) is 0 Å². The molecule has 158 valence electrons. The molecule has 1 aromatic heterocycles. The molecule has 0 bridgehead atoms. The van der Waals surface area contributed by atoms with Crippen molar-refractivity contribution in [2.75, 3.05) is 39.5 Å². The molecule has 0 amide bonds. The summed E-state index contributed by atoms with van der Waals surface area (Å²) in [6, 6.07) is 2.06. The predicted octanol–water partition coefficient (Wildman–Crippen LogP) is 3.18. The first-order valence-electron chi connectivity index (χ1n) is 9.47. The van der Waals surface area contributed by atoms with Gasteiger partial charge in [-0.3, -0.25) is 4.90 Å². The van der Waals surface area contributed by atoms with Crippen LogP contribution < -0.4 is 0 Å². The standard InChI is InChI=1S/C17H25NO3.C2HF3O2/c1-2-14(3-1)8-20-12-17-11-18(6-15-4-5-19-9-15)7-16(17)10-21-13-17;3-2(4,5)1(6)7/h4-5,9,14,16H,1-3,6-8,10-13H2;(H,6,7)/t16-,17-;/m1./s1. The highest BCUT2D eigenvalue weighted by molar-refractivity contribution is 5.73. The number of ether oxygens (including phenoxy) is 2. The first-order valence-corrected chi connectivity index (χ1v) is 9.47. The van der Waals surface area contributed by atoms with Gasteiger partial charge >= 0.3 is 12.1 Å². The molecule has 0 unspecified atom stereocenters. The van der Waals surface area contributed by atoms with E-state index in [1.165, 1.54) is 24.8 Å². The highest BCUT2D eigenvalue weighted by Gasteiger charge is 2.50. The minimum absolute atomic E-state index is 0.230. The fourth-order valence-corrected chi connectivity index (χ4v) is 4.00. The van der Waals surface area contributed by atoms with Crippen molar-refractivity contribution in [3.63, 3.8) is 0 Å². The lowest BCUT2D eigenvalue weighted by molar-refractivity contribution is -0.192. The van der Waals surface area contributed by atoms with E-state index in [4.69, 9.17) is 23.8 Å². The van der Waals surface area contributed by atoms with E-state index in [1.807, 2.05) is 6.26 Å². The van der Waals surface area contributed by atoms with Crippen LogP contribution in [0.3, 0.4) is 0 Å². The Morgan fingerprint density at radius 3 is 2.71 bits per heavy atom. The van der Waals surface area contributed by atoms with Crippen molar-refractivity contribution in [2.45, 2.75) is 32.0 Å². The number of halogens is 3. The molecule has 3 fully saturated rings. The lowest BCUT2D eigenvalue weighted by atomic mass is 9.81. The molecule has 1 aliphatic carbocycles. The summed E-state index contributed by atoms with van der Waals surface area (Å²) in [6.07, 6.45) is 2.64. The quantitative estimate of drug-likeness (QED) is 0.784. The van der Waals surface area contributed by atoms with Gasteiger partial charge < -0.3 is 19.0 Å². The number of carbonyl (C=O) groups is 1. The van der Waals surface area contributed by atoms with Gasteiger partial charge in [-0.05, 0) is 24.8 Å². The van der Waals surface area contributed by atoms with Gasteiger partial charge in [0, 0.05) is 43.1 Å². The Labute approximate surface area is 161 Å². The van der Waals surface area contributed by atoms with Crippen molar-refractivity contribution in [1.29, 1.82) is 0 Å². The van der Waals surface area contributed by atoms with E-state index < -0.39 is 12.1 Å². The Balaban J connectivity index is 0.000000279. The van der Waals surface area contributed by atoms with Gasteiger partial charge in [-0.1, -0.05) is 6.42 Å². The van der Waals surface area contributed by atoms with Gasteiger partial charge in [-0.25, -0.2) is 4.79 Å². The molecule has 0 spiro atoms. The van der Waals surface area contributed by atoms with Crippen molar-refractivity contribution < 1.29 is 37.0 Å². The molecule has 6 nitrogen and oxygen atoms in total. The fourth-order valence-electron chi connectivity index (χ4n) is 4.00. The summed E-state index contributed by atoms with van der Waals surface area (Å²) in [4.78, 5) is 11.4. The third kappa shape index (κ3) is 5.27. The van der Waals surface area contributed by atoms with Gasteiger partial charge in [-0.15, -0.1) is 0 Å². The summed E-state index contributed by atoms with van der Waals surface area (Å²) in [7, 11) is 0. The number of alkyl halides is 3. The first kappa shape index (κ1) is 21.1. The average Bonchev–Trinajstić information content (AvgIpc) is 3.26. The van der Waals surface area contributed by atoms with Crippen LogP contribution in [-0.4, -0.2) is 61.7 Å². The second-order valence-electron chi connectivity index (χ2n) is 7.99. The van der Waals surface area contributed by atoms with Crippen LogP contribution in [0, 0.1) is 17.3 Å². The second kappa shape index (κ2) is 8.84. The van der Waals surface area contributed by atoms with Crippen LogP contribution in [0.15, 0.2) is 23.0 Å². The summed E-state index contributed by atoms with van der Waals surface area (Å²) >= 11 is 0. The molecule has 1 N–H and O–H groups in total. The number of carboxylic acids is 1. The zero-order chi connectivity index (χ0) is 20.2. The van der Waals surface area contributed by atoms with Crippen molar-refractivity contribution in [3.05, 3.63) is 24.2 Å². The monoisotopic (exact) mass is 405 g/mol. The van der Waals surface area contributed by atoms with Crippen LogP contribution in [0.4, 0.5) is 13.2 Å². The van der Waals surface area contributed by atoms with E-state index in [2.05, 4.69) is 11.0 Å². The van der Waals surface area contributed by atoms with Crippen molar-refractivity contribution in [2.24, 2.45) is 17.3 Å². The molecule has 1 aromatic rings. The summed E-state index contributed by atoms with van der Waals surface area (Å²) in [5, 5.41) is 7.12. The van der Waals surface area contributed by atoms with Gasteiger partial charge in [0.2, 0.25) is 0 Å². The number of carboxylic acid groups (broad SMARTS) is 1. The highest BCUT2D eigenvalue weighted by atomic mass is 19.4. The number of hydrogen-bond donors (Lipinski definition) is 1. The average molecular weight is 405 g/mol. The highest BCUT2D eigenvalue weighted by Crippen LogP contribution is 2.42. The summed E-state index contributed by atoms with van der Waals surface area (Å²) < 4.78 is 48.8. The van der Waals surface area contributed by atoms with Crippen molar-refractivity contribution >= 4 is 5.97 Å². The molecule has 0 radical (unpaired) electrons. The molecular formula is C19H26F3NO5. The lowest BCUT2D eigenvalue weighted by Gasteiger charge is -2.30. The zero-order valence-electron chi connectivity index (χ0n) is 15.6. The SMILES string of the molecule is O=C(O)C(F)(F)F.c1cc(CN2C[C@@H]3COC[C@]3(COCC3CCC3)C2)co1. The van der Waals surface area contributed by atoms with Gasteiger partial charge in [0.1, 0.15) is 0 Å². The molecule has 9 heteroatoms. The molecule has 2 atom stereocenters. The summed E-state index contributed by atoms with van der Waals surface area (Å²) in [5.41, 5.74) is 1.49. The van der Waals surface area contributed by atoms with Crippen LogP contribution in [0.1, 0.15) is 24.8 Å². The molecule has 2 aliphatic heterocycles. The molecule has 4 rings (SSSR count). The Hall–Kier alpha value is -1.58. The van der Waals surface area contributed by atoms with E-state index in [0.717, 1.165) is 52.0 Å². The van der Waals surface area contributed by atoms with E-state index in [0.29, 0.717) is 5.92 Å². The maximum Gasteiger partial charge on any atom is 0.490 e. The molecule has 0 aromatic carbocycles. The second-order valence-corrected chi connectivity index (χ2v) is 7.99. The van der Waals surface area contributed by atoms with Crippen molar-refractivity contribution in [1.82, 2.24) is 4.90 Å². The summed E-state index contributed by atoms with van der Waals surface area (Å²) in [6.45, 7) is 6.79. The van der Waals surface area contributed by atoms with Crippen LogP contribution in [-0.2, 0) is 20.8 Å².